The number of amides is 1. The Bertz CT molecular complexity index is 807. The highest BCUT2D eigenvalue weighted by Crippen LogP contribution is 2.17. The van der Waals surface area contributed by atoms with Crippen LogP contribution in [0.2, 0.25) is 0 Å². The summed E-state index contributed by atoms with van der Waals surface area (Å²) in [5, 5.41) is 5.99. The monoisotopic (exact) mass is 456 g/mol. The molecular formula is C26H36N2O3S. The number of unbranched alkanes of at least 4 members (excludes halogenated alkanes) is 6. The first-order valence-corrected chi connectivity index (χ1v) is 12.1. The van der Waals surface area contributed by atoms with Gasteiger partial charge in [0.2, 0.25) is 0 Å². The maximum Gasteiger partial charge on any atom is 0.257 e. The van der Waals surface area contributed by atoms with Crippen molar-refractivity contribution in [3.05, 3.63) is 54.1 Å². The lowest BCUT2D eigenvalue weighted by atomic mass is 10.2. The number of anilines is 1. The van der Waals surface area contributed by atoms with Crippen LogP contribution in [0.3, 0.4) is 0 Å². The summed E-state index contributed by atoms with van der Waals surface area (Å²) < 4.78 is 11.5. The quantitative estimate of drug-likeness (QED) is 0.244. The molecule has 0 aliphatic rings. The normalized spacial score (nSPS) is 10.4. The Morgan fingerprint density at radius 2 is 1.25 bits per heavy atom. The summed E-state index contributed by atoms with van der Waals surface area (Å²) in [6.45, 7) is 5.79. The van der Waals surface area contributed by atoms with Crippen molar-refractivity contribution in [1.29, 1.82) is 0 Å². The molecule has 6 heteroatoms. The molecule has 2 aromatic carbocycles. The molecule has 0 saturated heterocycles. The minimum Gasteiger partial charge on any atom is -0.494 e. The zero-order valence-electron chi connectivity index (χ0n) is 19.3. The lowest BCUT2D eigenvalue weighted by Crippen LogP contribution is -2.34. The van der Waals surface area contributed by atoms with Gasteiger partial charge in [0, 0.05) is 11.3 Å². The van der Waals surface area contributed by atoms with Crippen molar-refractivity contribution in [2.75, 3.05) is 18.5 Å². The van der Waals surface area contributed by atoms with Gasteiger partial charge in [-0.15, -0.1) is 0 Å². The lowest BCUT2D eigenvalue weighted by Gasteiger charge is -2.11. The minimum atomic E-state index is -0.261. The van der Waals surface area contributed by atoms with Gasteiger partial charge in [-0.05, 0) is 73.6 Å². The van der Waals surface area contributed by atoms with Gasteiger partial charge < -0.3 is 14.8 Å². The zero-order chi connectivity index (χ0) is 23.0. The number of hydrogen-bond donors (Lipinski definition) is 2. The number of hydrogen-bond acceptors (Lipinski definition) is 4. The van der Waals surface area contributed by atoms with Crippen molar-refractivity contribution in [3.8, 4) is 11.5 Å². The Kier molecular flexibility index (Phi) is 12.2. The number of nitrogens with one attached hydrogen (secondary N) is 2. The fourth-order valence-corrected chi connectivity index (χ4v) is 3.32. The molecule has 0 aromatic heterocycles. The van der Waals surface area contributed by atoms with Crippen LogP contribution in [0.5, 0.6) is 11.5 Å². The molecule has 0 aliphatic carbocycles. The molecule has 0 bridgehead atoms. The van der Waals surface area contributed by atoms with E-state index in [1.807, 2.05) is 24.3 Å². The summed E-state index contributed by atoms with van der Waals surface area (Å²) in [4.78, 5) is 12.4. The average Bonchev–Trinajstić information content (AvgIpc) is 2.80. The van der Waals surface area contributed by atoms with Crippen LogP contribution < -0.4 is 20.1 Å². The standard InChI is InChI=1S/C26H36N2O3S/c1-3-5-7-8-10-20-31-24-17-13-22(14-18-24)27-26(32)28-25(29)21-11-15-23(16-12-21)30-19-9-6-4-2/h11-18H,3-10,19-20H2,1-2H3,(H2,27,28,29,32). The van der Waals surface area contributed by atoms with Crippen LogP contribution in [0.1, 0.15) is 75.6 Å². The third-order valence-electron chi connectivity index (χ3n) is 4.99. The molecule has 1 amide bonds. The second-order valence-electron chi connectivity index (χ2n) is 7.78. The summed E-state index contributed by atoms with van der Waals surface area (Å²) in [5.74, 6) is 1.34. The molecule has 0 heterocycles. The molecule has 0 atom stereocenters. The lowest BCUT2D eigenvalue weighted by molar-refractivity contribution is 0.0977. The summed E-state index contributed by atoms with van der Waals surface area (Å²) in [6.07, 6.45) is 9.42. The maximum atomic E-state index is 12.4. The number of benzene rings is 2. The first-order chi connectivity index (χ1) is 15.6. The Morgan fingerprint density at radius 1 is 0.750 bits per heavy atom. The van der Waals surface area contributed by atoms with Crippen molar-refractivity contribution in [2.24, 2.45) is 0 Å². The van der Waals surface area contributed by atoms with Crippen molar-refractivity contribution >= 4 is 28.9 Å². The Hall–Kier alpha value is -2.60. The van der Waals surface area contributed by atoms with Gasteiger partial charge in [-0.2, -0.15) is 0 Å². The van der Waals surface area contributed by atoms with E-state index in [9.17, 15) is 4.79 Å². The van der Waals surface area contributed by atoms with Crippen LogP contribution in [0.15, 0.2) is 48.5 Å². The zero-order valence-corrected chi connectivity index (χ0v) is 20.1. The van der Waals surface area contributed by atoms with E-state index in [0.29, 0.717) is 12.2 Å². The molecule has 174 valence electrons. The van der Waals surface area contributed by atoms with Gasteiger partial charge in [0.15, 0.2) is 5.11 Å². The van der Waals surface area contributed by atoms with Crippen LogP contribution in [0.25, 0.3) is 0 Å². The van der Waals surface area contributed by atoms with Gasteiger partial charge in [-0.1, -0.05) is 52.4 Å². The highest BCUT2D eigenvalue weighted by Gasteiger charge is 2.08. The fraction of sp³-hybridized carbons (Fsp3) is 0.462. The first kappa shape index (κ1) is 25.7. The number of rotatable bonds is 14. The van der Waals surface area contributed by atoms with Gasteiger partial charge in [0.25, 0.3) is 5.91 Å². The van der Waals surface area contributed by atoms with Crippen LogP contribution in [0, 0.1) is 0 Å². The third-order valence-corrected chi connectivity index (χ3v) is 5.19. The molecule has 2 rings (SSSR count). The minimum absolute atomic E-state index is 0.250. The topological polar surface area (TPSA) is 59.6 Å². The summed E-state index contributed by atoms with van der Waals surface area (Å²) in [5.41, 5.74) is 1.32. The van der Waals surface area contributed by atoms with Crippen LogP contribution >= 0.6 is 12.2 Å². The van der Waals surface area contributed by atoms with Crippen LogP contribution in [-0.4, -0.2) is 24.2 Å². The van der Waals surface area contributed by atoms with Crippen molar-refractivity contribution in [1.82, 2.24) is 5.32 Å². The summed E-state index contributed by atoms with van der Waals surface area (Å²) in [6, 6.07) is 14.7. The molecule has 0 saturated carbocycles. The third kappa shape index (κ3) is 10.1. The molecule has 0 unspecified atom stereocenters. The second kappa shape index (κ2) is 15.2. The van der Waals surface area contributed by atoms with Crippen molar-refractivity contribution in [2.45, 2.75) is 65.2 Å². The number of thiocarbonyl (C=S) groups is 1. The highest BCUT2D eigenvalue weighted by molar-refractivity contribution is 7.80. The summed E-state index contributed by atoms with van der Waals surface area (Å²) >= 11 is 5.27. The smallest absolute Gasteiger partial charge is 0.257 e. The molecule has 2 aromatic rings. The van der Waals surface area contributed by atoms with Gasteiger partial charge in [0.1, 0.15) is 11.5 Å². The van der Waals surface area contributed by atoms with E-state index in [1.54, 1.807) is 24.3 Å². The second-order valence-corrected chi connectivity index (χ2v) is 8.18. The number of ether oxygens (including phenoxy) is 2. The molecular weight excluding hydrogens is 420 g/mol. The molecule has 0 aliphatic heterocycles. The van der Waals surface area contributed by atoms with Gasteiger partial charge in [-0.3, -0.25) is 10.1 Å². The van der Waals surface area contributed by atoms with Crippen molar-refractivity contribution in [3.63, 3.8) is 0 Å². The molecule has 0 radical (unpaired) electrons. The first-order valence-electron chi connectivity index (χ1n) is 11.7. The predicted molar refractivity (Wildman–Crippen MR) is 136 cm³/mol. The fourth-order valence-electron chi connectivity index (χ4n) is 3.11. The van der Waals surface area contributed by atoms with E-state index in [0.717, 1.165) is 49.5 Å². The van der Waals surface area contributed by atoms with E-state index < -0.39 is 0 Å². The van der Waals surface area contributed by atoms with Crippen LogP contribution in [-0.2, 0) is 0 Å². The van der Waals surface area contributed by atoms with E-state index in [1.165, 1.54) is 25.7 Å². The number of carbonyl (C=O) groups is 1. The van der Waals surface area contributed by atoms with Gasteiger partial charge >= 0.3 is 0 Å². The van der Waals surface area contributed by atoms with Gasteiger partial charge in [0.05, 0.1) is 13.2 Å². The SMILES string of the molecule is CCCCCCCOc1ccc(NC(=S)NC(=O)c2ccc(OCCCCC)cc2)cc1. The average molecular weight is 457 g/mol. The van der Waals surface area contributed by atoms with E-state index in [-0.39, 0.29) is 11.0 Å². The van der Waals surface area contributed by atoms with E-state index >= 15 is 0 Å². The van der Waals surface area contributed by atoms with Crippen molar-refractivity contribution < 1.29 is 14.3 Å². The Balaban J connectivity index is 1.71. The molecule has 2 N–H and O–H groups in total. The molecule has 0 spiro atoms. The van der Waals surface area contributed by atoms with E-state index in [2.05, 4.69) is 24.5 Å². The number of carbonyl (C=O) groups excluding carboxylic acids is 1. The molecule has 32 heavy (non-hydrogen) atoms. The van der Waals surface area contributed by atoms with Gasteiger partial charge in [-0.25, -0.2) is 0 Å². The maximum absolute atomic E-state index is 12.4. The highest BCUT2D eigenvalue weighted by atomic mass is 32.1. The summed E-state index contributed by atoms with van der Waals surface area (Å²) in [7, 11) is 0. The Morgan fingerprint density at radius 3 is 1.84 bits per heavy atom. The predicted octanol–water partition coefficient (Wildman–Crippen LogP) is 6.73. The van der Waals surface area contributed by atoms with E-state index in [4.69, 9.17) is 21.7 Å². The largest absolute Gasteiger partial charge is 0.494 e. The Labute approximate surface area is 197 Å². The molecule has 0 fully saturated rings. The van der Waals surface area contributed by atoms with Crippen LogP contribution in [0.4, 0.5) is 5.69 Å². The molecule has 5 nitrogen and oxygen atoms in total.